The first-order valence-corrected chi connectivity index (χ1v) is 10.3. The lowest BCUT2D eigenvalue weighted by atomic mass is 10.1. The standard InChI is InChI=1S/C22H23N3O5S/c1-5-30-22(27)21-16(24-20(26)9-6-14-12-23-25(2)13-14)11-19(31-21)15-7-8-17(28-3)18(10-15)29-4/h6-13H,5H2,1-4H3,(H,24,26)/b9-6+. The number of amides is 1. The summed E-state index contributed by atoms with van der Waals surface area (Å²) in [6.07, 6.45) is 6.47. The second-order valence-electron chi connectivity index (χ2n) is 6.41. The Morgan fingerprint density at radius 3 is 2.61 bits per heavy atom. The van der Waals surface area contributed by atoms with Gasteiger partial charge in [0.2, 0.25) is 5.91 Å². The van der Waals surface area contributed by atoms with Crippen molar-refractivity contribution in [3.8, 4) is 21.9 Å². The molecule has 2 aromatic heterocycles. The number of carbonyl (C=O) groups is 2. The smallest absolute Gasteiger partial charge is 0.350 e. The van der Waals surface area contributed by atoms with Gasteiger partial charge < -0.3 is 19.5 Å². The van der Waals surface area contributed by atoms with Crippen LogP contribution in [0.5, 0.6) is 11.5 Å². The molecule has 0 aliphatic carbocycles. The Hall–Kier alpha value is -3.59. The average molecular weight is 442 g/mol. The van der Waals surface area contributed by atoms with Gasteiger partial charge in [-0.05, 0) is 42.8 Å². The number of hydrogen-bond acceptors (Lipinski definition) is 7. The van der Waals surface area contributed by atoms with Crippen LogP contribution in [-0.2, 0) is 16.6 Å². The highest BCUT2D eigenvalue weighted by Gasteiger charge is 2.20. The number of esters is 1. The van der Waals surface area contributed by atoms with Gasteiger partial charge in [-0.3, -0.25) is 9.48 Å². The monoisotopic (exact) mass is 441 g/mol. The van der Waals surface area contributed by atoms with Gasteiger partial charge in [0.25, 0.3) is 0 Å². The average Bonchev–Trinajstić information content (AvgIpc) is 3.38. The fourth-order valence-corrected chi connectivity index (χ4v) is 3.84. The SMILES string of the molecule is CCOC(=O)c1sc(-c2ccc(OC)c(OC)c2)cc1NC(=O)/C=C/c1cnn(C)c1. The molecule has 0 saturated carbocycles. The Morgan fingerprint density at radius 2 is 1.97 bits per heavy atom. The van der Waals surface area contributed by atoms with E-state index in [0.717, 1.165) is 16.0 Å². The molecule has 9 heteroatoms. The van der Waals surface area contributed by atoms with Gasteiger partial charge in [-0.2, -0.15) is 5.10 Å². The number of nitrogens with one attached hydrogen (secondary N) is 1. The maximum Gasteiger partial charge on any atom is 0.350 e. The van der Waals surface area contributed by atoms with Crippen LogP contribution in [-0.4, -0.2) is 42.5 Å². The molecule has 162 valence electrons. The summed E-state index contributed by atoms with van der Waals surface area (Å²) in [5.74, 6) is 0.301. The van der Waals surface area contributed by atoms with E-state index in [9.17, 15) is 9.59 Å². The fraction of sp³-hybridized carbons (Fsp3) is 0.227. The van der Waals surface area contributed by atoms with E-state index in [4.69, 9.17) is 14.2 Å². The molecule has 0 spiro atoms. The van der Waals surface area contributed by atoms with Crippen LogP contribution in [0.2, 0.25) is 0 Å². The van der Waals surface area contributed by atoms with Crippen molar-refractivity contribution in [3.63, 3.8) is 0 Å². The molecule has 2 heterocycles. The van der Waals surface area contributed by atoms with E-state index in [-0.39, 0.29) is 12.5 Å². The molecule has 3 rings (SSSR count). The molecule has 0 fully saturated rings. The van der Waals surface area contributed by atoms with E-state index in [1.54, 1.807) is 63.5 Å². The second kappa shape index (κ2) is 9.94. The highest BCUT2D eigenvalue weighted by molar-refractivity contribution is 7.18. The van der Waals surface area contributed by atoms with Gasteiger partial charge >= 0.3 is 5.97 Å². The molecule has 0 bridgehead atoms. The number of benzene rings is 1. The number of thiophene rings is 1. The second-order valence-corrected chi connectivity index (χ2v) is 7.47. The van der Waals surface area contributed by atoms with Crippen LogP contribution < -0.4 is 14.8 Å². The zero-order chi connectivity index (χ0) is 22.4. The third-order valence-electron chi connectivity index (χ3n) is 4.27. The van der Waals surface area contributed by atoms with Crippen molar-refractivity contribution >= 4 is 35.0 Å². The van der Waals surface area contributed by atoms with Crippen molar-refractivity contribution in [2.24, 2.45) is 7.05 Å². The number of aromatic nitrogens is 2. The lowest BCUT2D eigenvalue weighted by Crippen LogP contribution is -2.11. The summed E-state index contributed by atoms with van der Waals surface area (Å²) in [5, 5.41) is 6.82. The lowest BCUT2D eigenvalue weighted by Gasteiger charge is -2.08. The molecule has 0 aliphatic rings. The number of aryl methyl sites for hydroxylation is 1. The normalized spacial score (nSPS) is 10.8. The molecular formula is C22H23N3O5S. The van der Waals surface area contributed by atoms with Crippen molar-refractivity contribution in [2.45, 2.75) is 6.92 Å². The number of methoxy groups -OCH3 is 2. The van der Waals surface area contributed by atoms with Crippen molar-refractivity contribution < 1.29 is 23.8 Å². The van der Waals surface area contributed by atoms with Gasteiger partial charge in [-0.1, -0.05) is 0 Å². The highest BCUT2D eigenvalue weighted by Crippen LogP contribution is 2.39. The van der Waals surface area contributed by atoms with Crippen LogP contribution in [0.25, 0.3) is 16.5 Å². The summed E-state index contributed by atoms with van der Waals surface area (Å²) in [7, 11) is 4.92. The van der Waals surface area contributed by atoms with Crippen molar-refractivity contribution in [3.05, 3.63) is 53.2 Å². The summed E-state index contributed by atoms with van der Waals surface area (Å²) in [6.45, 7) is 1.96. The number of hydrogen-bond donors (Lipinski definition) is 1. The van der Waals surface area contributed by atoms with Crippen molar-refractivity contribution in [1.82, 2.24) is 9.78 Å². The zero-order valence-electron chi connectivity index (χ0n) is 17.7. The first-order chi connectivity index (χ1) is 14.9. The molecule has 0 aliphatic heterocycles. The molecule has 0 radical (unpaired) electrons. The first kappa shape index (κ1) is 22.1. The molecule has 0 atom stereocenters. The Morgan fingerprint density at radius 1 is 1.19 bits per heavy atom. The number of ether oxygens (including phenoxy) is 3. The molecule has 0 unspecified atom stereocenters. The minimum Gasteiger partial charge on any atom is -0.493 e. The van der Waals surface area contributed by atoms with E-state index in [1.165, 1.54) is 17.4 Å². The zero-order valence-corrected chi connectivity index (χ0v) is 18.5. The molecule has 8 nitrogen and oxygen atoms in total. The van der Waals surface area contributed by atoms with E-state index in [1.807, 2.05) is 12.1 Å². The molecule has 31 heavy (non-hydrogen) atoms. The van der Waals surface area contributed by atoms with Crippen LogP contribution in [0, 0.1) is 0 Å². The largest absolute Gasteiger partial charge is 0.493 e. The predicted octanol–water partition coefficient (Wildman–Crippen LogP) is 3.99. The van der Waals surface area contributed by atoms with E-state index >= 15 is 0 Å². The summed E-state index contributed by atoms with van der Waals surface area (Å²) in [6, 6.07) is 7.20. The van der Waals surface area contributed by atoms with Crippen molar-refractivity contribution in [2.75, 3.05) is 26.1 Å². The van der Waals surface area contributed by atoms with Gasteiger partial charge in [-0.15, -0.1) is 11.3 Å². The third kappa shape index (κ3) is 5.32. The van der Waals surface area contributed by atoms with E-state index in [0.29, 0.717) is 22.1 Å². The summed E-state index contributed by atoms with van der Waals surface area (Å²) < 4.78 is 17.4. The summed E-state index contributed by atoms with van der Waals surface area (Å²) in [4.78, 5) is 26.0. The molecule has 0 saturated heterocycles. The molecule has 1 amide bonds. The maximum atomic E-state index is 12.5. The molecule has 1 N–H and O–H groups in total. The Labute approximate surface area is 184 Å². The molecule has 3 aromatic rings. The number of carbonyl (C=O) groups excluding carboxylic acids is 2. The first-order valence-electron chi connectivity index (χ1n) is 9.46. The maximum absolute atomic E-state index is 12.5. The predicted molar refractivity (Wildman–Crippen MR) is 120 cm³/mol. The van der Waals surface area contributed by atoms with Crippen LogP contribution in [0.4, 0.5) is 5.69 Å². The van der Waals surface area contributed by atoms with Gasteiger partial charge in [0.05, 0.1) is 32.7 Å². The number of nitrogens with zero attached hydrogens (tertiary/aromatic N) is 2. The number of rotatable bonds is 8. The van der Waals surface area contributed by atoms with Crippen LogP contribution in [0.1, 0.15) is 22.2 Å². The van der Waals surface area contributed by atoms with Crippen molar-refractivity contribution in [1.29, 1.82) is 0 Å². The number of anilines is 1. The minimum absolute atomic E-state index is 0.233. The van der Waals surface area contributed by atoms with Gasteiger partial charge in [0.1, 0.15) is 4.88 Å². The van der Waals surface area contributed by atoms with Crippen LogP contribution >= 0.6 is 11.3 Å². The highest BCUT2D eigenvalue weighted by atomic mass is 32.1. The fourth-order valence-electron chi connectivity index (χ4n) is 2.84. The molecular weight excluding hydrogens is 418 g/mol. The van der Waals surface area contributed by atoms with Gasteiger partial charge in [0, 0.05) is 29.8 Å². The van der Waals surface area contributed by atoms with Gasteiger partial charge in [-0.25, -0.2) is 4.79 Å². The van der Waals surface area contributed by atoms with Gasteiger partial charge in [0.15, 0.2) is 11.5 Å². The Kier molecular flexibility index (Phi) is 7.09. The lowest BCUT2D eigenvalue weighted by molar-refractivity contribution is -0.111. The Bertz CT molecular complexity index is 1120. The topological polar surface area (TPSA) is 91.7 Å². The minimum atomic E-state index is -0.495. The summed E-state index contributed by atoms with van der Waals surface area (Å²) >= 11 is 1.23. The van der Waals surface area contributed by atoms with E-state index in [2.05, 4.69) is 10.4 Å². The third-order valence-corrected chi connectivity index (χ3v) is 5.44. The van der Waals surface area contributed by atoms with E-state index < -0.39 is 5.97 Å². The molecule has 1 aromatic carbocycles. The quantitative estimate of drug-likeness (QED) is 0.420. The van der Waals surface area contributed by atoms with Crippen LogP contribution in [0.3, 0.4) is 0 Å². The Balaban J connectivity index is 1.90. The summed E-state index contributed by atoms with van der Waals surface area (Å²) in [5.41, 5.74) is 1.99. The van der Waals surface area contributed by atoms with Crippen LogP contribution in [0.15, 0.2) is 42.7 Å².